The molecule has 166 valence electrons. The minimum atomic E-state index is -0.469. The van der Waals surface area contributed by atoms with Gasteiger partial charge in [0.1, 0.15) is 5.82 Å². The van der Waals surface area contributed by atoms with E-state index in [-0.39, 0.29) is 30.4 Å². The predicted molar refractivity (Wildman–Crippen MR) is 130 cm³/mol. The van der Waals surface area contributed by atoms with Gasteiger partial charge in [0.15, 0.2) is 0 Å². The van der Waals surface area contributed by atoms with E-state index in [0.717, 1.165) is 21.6 Å². The molecule has 0 heterocycles. The van der Waals surface area contributed by atoms with E-state index in [2.05, 4.69) is 5.32 Å². The Morgan fingerprint density at radius 3 is 2.58 bits per heavy atom. The molecule has 0 bridgehead atoms. The number of carbonyl (C=O) groups excluding carboxylic acids is 1. The first kappa shape index (κ1) is 22.5. The lowest BCUT2D eigenvalue weighted by molar-refractivity contribution is -0.385. The molecule has 7 heteroatoms. The fourth-order valence-corrected chi connectivity index (χ4v) is 4.20. The van der Waals surface area contributed by atoms with Crippen molar-refractivity contribution in [2.45, 2.75) is 17.9 Å². The Bertz CT molecular complexity index is 1280. The van der Waals surface area contributed by atoms with Gasteiger partial charge in [-0.25, -0.2) is 4.39 Å². The minimum Gasteiger partial charge on any atom is -0.351 e. The number of nitrogens with one attached hydrogen (secondary N) is 1. The molecule has 1 amide bonds. The van der Waals surface area contributed by atoms with Gasteiger partial charge in [0, 0.05) is 23.1 Å². The van der Waals surface area contributed by atoms with Crippen LogP contribution in [0.5, 0.6) is 0 Å². The van der Waals surface area contributed by atoms with Crippen molar-refractivity contribution in [3.8, 4) is 0 Å². The molecule has 1 aliphatic rings. The van der Waals surface area contributed by atoms with Gasteiger partial charge < -0.3 is 5.32 Å². The Morgan fingerprint density at radius 2 is 1.85 bits per heavy atom. The summed E-state index contributed by atoms with van der Waals surface area (Å²) in [6.07, 6.45) is 5.97. The molecule has 3 aromatic carbocycles. The van der Waals surface area contributed by atoms with Crippen LogP contribution in [0.4, 0.5) is 10.1 Å². The zero-order valence-corrected chi connectivity index (χ0v) is 18.7. The number of amides is 1. The highest BCUT2D eigenvalue weighted by atomic mass is 32.2. The average Bonchev–Trinajstić information content (AvgIpc) is 3.14. The third-order valence-electron chi connectivity index (χ3n) is 5.42. The number of nitro groups is 1. The van der Waals surface area contributed by atoms with E-state index in [1.165, 1.54) is 18.2 Å². The fourth-order valence-electron chi connectivity index (χ4n) is 3.79. The van der Waals surface area contributed by atoms with Crippen molar-refractivity contribution in [2.24, 2.45) is 0 Å². The Kier molecular flexibility index (Phi) is 6.70. The molecule has 0 aliphatic heterocycles. The SMILES string of the molecule is CSc1ccc(/C=C2\C=C(CC(=O)NCc3ccccc3[N+](=O)[O-])c3cc(F)ccc32)cc1. The fraction of sp³-hybridized carbons (Fsp3) is 0.115. The van der Waals surface area contributed by atoms with Crippen LogP contribution >= 0.6 is 11.8 Å². The number of thioether (sulfide) groups is 1. The van der Waals surface area contributed by atoms with Gasteiger partial charge in [-0.1, -0.05) is 36.4 Å². The summed E-state index contributed by atoms with van der Waals surface area (Å²) in [6.45, 7) is 0.0454. The molecule has 0 unspecified atom stereocenters. The molecular weight excluding hydrogens is 439 g/mol. The van der Waals surface area contributed by atoms with Gasteiger partial charge in [-0.05, 0) is 70.5 Å². The highest BCUT2D eigenvalue weighted by Gasteiger charge is 2.21. The molecule has 4 rings (SSSR count). The molecule has 1 N–H and O–H groups in total. The number of allylic oxidation sites excluding steroid dienone is 2. The summed E-state index contributed by atoms with van der Waals surface area (Å²) in [4.78, 5) is 24.5. The maximum atomic E-state index is 14.0. The smallest absolute Gasteiger partial charge is 0.274 e. The van der Waals surface area contributed by atoms with E-state index in [9.17, 15) is 19.3 Å². The summed E-state index contributed by atoms with van der Waals surface area (Å²) in [6, 6.07) is 19.0. The summed E-state index contributed by atoms with van der Waals surface area (Å²) in [5.41, 5.74) is 4.56. The second kappa shape index (κ2) is 9.83. The quantitative estimate of drug-likeness (QED) is 0.263. The Hall–Kier alpha value is -3.71. The molecule has 5 nitrogen and oxygen atoms in total. The van der Waals surface area contributed by atoms with Gasteiger partial charge in [0.2, 0.25) is 5.91 Å². The summed E-state index contributed by atoms with van der Waals surface area (Å²) >= 11 is 1.67. The predicted octanol–water partition coefficient (Wildman–Crippen LogP) is 6.10. The van der Waals surface area contributed by atoms with Crippen LogP contribution < -0.4 is 5.32 Å². The van der Waals surface area contributed by atoms with Crippen molar-refractivity contribution >= 4 is 40.6 Å². The van der Waals surface area contributed by atoms with E-state index < -0.39 is 4.92 Å². The summed E-state index contributed by atoms with van der Waals surface area (Å²) in [5, 5.41) is 13.9. The van der Waals surface area contributed by atoms with Gasteiger partial charge in [0.25, 0.3) is 5.69 Å². The highest BCUT2D eigenvalue weighted by molar-refractivity contribution is 7.98. The molecule has 1 aliphatic carbocycles. The summed E-state index contributed by atoms with van der Waals surface area (Å²) < 4.78 is 14.0. The van der Waals surface area contributed by atoms with Crippen LogP contribution in [-0.2, 0) is 11.3 Å². The standard InChI is InChI=1S/C26H21FN2O3S/c1-33-22-9-6-17(7-10-22)12-19-13-20(24-15-21(27)8-11-23(19)24)14-26(30)28-16-18-4-2-3-5-25(18)29(31)32/h2-13,15H,14,16H2,1H3,(H,28,30)/b19-12+. The average molecular weight is 461 g/mol. The normalized spacial score (nSPS) is 13.5. The third kappa shape index (κ3) is 5.21. The van der Waals surface area contributed by atoms with Crippen molar-refractivity contribution in [3.05, 3.63) is 111 Å². The summed E-state index contributed by atoms with van der Waals surface area (Å²) in [5.74, 6) is -0.661. The lowest BCUT2D eigenvalue weighted by atomic mass is 10.0. The lowest BCUT2D eigenvalue weighted by Crippen LogP contribution is -2.23. The largest absolute Gasteiger partial charge is 0.351 e. The number of halogens is 1. The van der Waals surface area contributed by atoms with Crippen molar-refractivity contribution in [3.63, 3.8) is 0 Å². The zero-order chi connectivity index (χ0) is 23.4. The maximum absolute atomic E-state index is 14.0. The first-order chi connectivity index (χ1) is 15.9. The minimum absolute atomic E-state index is 0.0389. The van der Waals surface area contributed by atoms with E-state index in [0.29, 0.717) is 16.7 Å². The Balaban J connectivity index is 1.54. The van der Waals surface area contributed by atoms with Crippen molar-refractivity contribution in [1.82, 2.24) is 5.32 Å². The molecule has 0 saturated heterocycles. The first-order valence-electron chi connectivity index (χ1n) is 10.3. The van der Waals surface area contributed by atoms with Gasteiger partial charge in [-0.15, -0.1) is 11.8 Å². The van der Waals surface area contributed by atoms with E-state index >= 15 is 0 Å². The molecule has 0 spiro atoms. The van der Waals surface area contributed by atoms with Crippen LogP contribution in [0.3, 0.4) is 0 Å². The number of para-hydroxylation sites is 1. The topological polar surface area (TPSA) is 72.2 Å². The highest BCUT2D eigenvalue weighted by Crippen LogP contribution is 2.38. The number of carbonyl (C=O) groups is 1. The third-order valence-corrected chi connectivity index (χ3v) is 6.17. The van der Waals surface area contributed by atoms with E-state index in [1.54, 1.807) is 36.0 Å². The van der Waals surface area contributed by atoms with E-state index in [1.807, 2.05) is 42.7 Å². The molecule has 0 aromatic heterocycles. The second-order valence-electron chi connectivity index (χ2n) is 7.57. The number of nitro benzene ring substituents is 1. The molecular formula is C26H21FN2O3S. The molecule has 3 aromatic rings. The maximum Gasteiger partial charge on any atom is 0.274 e. The van der Waals surface area contributed by atoms with Crippen LogP contribution in [0.25, 0.3) is 17.2 Å². The Labute approximate surface area is 195 Å². The van der Waals surface area contributed by atoms with Crippen LogP contribution in [0.15, 0.2) is 77.7 Å². The molecule has 0 fully saturated rings. The van der Waals surface area contributed by atoms with Crippen LogP contribution in [0.1, 0.15) is 28.7 Å². The Morgan fingerprint density at radius 1 is 1.09 bits per heavy atom. The number of fused-ring (bicyclic) bond motifs is 1. The van der Waals surface area contributed by atoms with Crippen LogP contribution in [-0.4, -0.2) is 17.1 Å². The van der Waals surface area contributed by atoms with Crippen molar-refractivity contribution in [2.75, 3.05) is 6.26 Å². The molecule has 0 atom stereocenters. The molecule has 33 heavy (non-hydrogen) atoms. The van der Waals surface area contributed by atoms with Gasteiger partial charge in [-0.3, -0.25) is 14.9 Å². The van der Waals surface area contributed by atoms with Crippen molar-refractivity contribution < 1.29 is 14.1 Å². The van der Waals surface area contributed by atoms with Crippen LogP contribution in [0, 0.1) is 15.9 Å². The van der Waals surface area contributed by atoms with Gasteiger partial charge in [0.05, 0.1) is 11.3 Å². The van der Waals surface area contributed by atoms with E-state index in [4.69, 9.17) is 0 Å². The number of rotatable bonds is 7. The first-order valence-corrected chi connectivity index (χ1v) is 11.5. The number of nitrogens with zero attached hydrogens (tertiary/aromatic N) is 1. The number of hydrogen-bond acceptors (Lipinski definition) is 4. The second-order valence-corrected chi connectivity index (χ2v) is 8.45. The number of hydrogen-bond donors (Lipinski definition) is 1. The molecule has 0 radical (unpaired) electrons. The summed E-state index contributed by atoms with van der Waals surface area (Å²) in [7, 11) is 0. The zero-order valence-electron chi connectivity index (χ0n) is 17.9. The van der Waals surface area contributed by atoms with Gasteiger partial charge in [-0.2, -0.15) is 0 Å². The van der Waals surface area contributed by atoms with Crippen molar-refractivity contribution in [1.29, 1.82) is 0 Å². The lowest BCUT2D eigenvalue weighted by Gasteiger charge is -2.08. The number of benzene rings is 3. The van der Waals surface area contributed by atoms with Gasteiger partial charge >= 0.3 is 0 Å². The monoisotopic (exact) mass is 460 g/mol. The molecule has 0 saturated carbocycles. The van der Waals surface area contributed by atoms with Crippen LogP contribution in [0.2, 0.25) is 0 Å².